The Labute approximate surface area is 105 Å². The van der Waals surface area contributed by atoms with E-state index >= 15 is 0 Å². The predicted octanol–water partition coefficient (Wildman–Crippen LogP) is 4.56. The highest BCUT2D eigenvalue weighted by atomic mass is 35.5. The molecular weight excluding hydrogens is 230 g/mol. The first kappa shape index (κ1) is 10.3. The third-order valence-corrected chi connectivity index (χ3v) is 2.96. The molecule has 0 unspecified atom stereocenters. The van der Waals surface area contributed by atoms with Gasteiger partial charge in [-0.05, 0) is 24.3 Å². The van der Waals surface area contributed by atoms with Gasteiger partial charge >= 0.3 is 0 Å². The number of aromatic nitrogens is 1. The second-order valence-electron chi connectivity index (χ2n) is 3.90. The lowest BCUT2D eigenvalue weighted by Crippen LogP contribution is -1.84. The molecule has 0 saturated heterocycles. The van der Waals surface area contributed by atoms with E-state index in [0.29, 0.717) is 0 Å². The Balaban J connectivity index is 2.17. The largest absolute Gasteiger partial charge is 0.248 e. The van der Waals surface area contributed by atoms with Crippen LogP contribution in [0.25, 0.3) is 22.2 Å². The smallest absolute Gasteiger partial charge is 0.0710 e. The molecule has 0 spiro atoms. The first-order valence-corrected chi connectivity index (χ1v) is 5.82. The standard InChI is InChI=1S/C15H10ClN/c16-13-7-9-15-12(10-13)6-8-14(17-15)11-4-2-1-3-5-11/h1-10H. The second-order valence-corrected chi connectivity index (χ2v) is 4.34. The van der Waals surface area contributed by atoms with Crippen molar-refractivity contribution in [3.63, 3.8) is 0 Å². The monoisotopic (exact) mass is 239 g/mol. The summed E-state index contributed by atoms with van der Waals surface area (Å²) in [5, 5.41) is 1.81. The molecular formula is C15H10ClN. The maximum atomic E-state index is 5.95. The van der Waals surface area contributed by atoms with Crippen molar-refractivity contribution in [3.05, 3.63) is 65.7 Å². The summed E-state index contributed by atoms with van der Waals surface area (Å²) in [6, 6.07) is 20.0. The van der Waals surface area contributed by atoms with Crippen LogP contribution >= 0.6 is 11.6 Å². The zero-order chi connectivity index (χ0) is 11.7. The minimum Gasteiger partial charge on any atom is -0.248 e. The summed E-state index contributed by atoms with van der Waals surface area (Å²) in [6.45, 7) is 0. The van der Waals surface area contributed by atoms with Crippen LogP contribution in [0.2, 0.25) is 5.02 Å². The first-order chi connectivity index (χ1) is 8.33. The van der Waals surface area contributed by atoms with Gasteiger partial charge in [0.25, 0.3) is 0 Å². The summed E-state index contributed by atoms with van der Waals surface area (Å²) >= 11 is 5.95. The lowest BCUT2D eigenvalue weighted by molar-refractivity contribution is 1.40. The molecule has 0 N–H and O–H groups in total. The van der Waals surface area contributed by atoms with Crippen LogP contribution < -0.4 is 0 Å². The minimum absolute atomic E-state index is 0.742. The topological polar surface area (TPSA) is 12.9 Å². The maximum absolute atomic E-state index is 5.95. The van der Waals surface area contributed by atoms with Crippen molar-refractivity contribution in [1.29, 1.82) is 0 Å². The highest BCUT2D eigenvalue weighted by Crippen LogP contribution is 2.22. The molecule has 0 saturated carbocycles. The Bertz CT molecular complexity index is 662. The number of rotatable bonds is 1. The summed E-state index contributed by atoms with van der Waals surface area (Å²) in [5.41, 5.74) is 3.08. The van der Waals surface area contributed by atoms with Crippen LogP contribution in [-0.2, 0) is 0 Å². The van der Waals surface area contributed by atoms with Crippen LogP contribution in [-0.4, -0.2) is 4.98 Å². The molecule has 0 bridgehead atoms. The molecule has 2 heteroatoms. The molecule has 0 atom stereocenters. The molecule has 3 rings (SSSR count). The van der Waals surface area contributed by atoms with E-state index in [1.54, 1.807) is 0 Å². The van der Waals surface area contributed by atoms with Crippen molar-refractivity contribution >= 4 is 22.5 Å². The molecule has 3 aromatic rings. The van der Waals surface area contributed by atoms with Crippen molar-refractivity contribution in [2.75, 3.05) is 0 Å². The molecule has 17 heavy (non-hydrogen) atoms. The van der Waals surface area contributed by atoms with Crippen LogP contribution in [0.1, 0.15) is 0 Å². The zero-order valence-corrected chi connectivity index (χ0v) is 9.85. The molecule has 0 fully saturated rings. The lowest BCUT2D eigenvalue weighted by Gasteiger charge is -2.03. The van der Waals surface area contributed by atoms with Crippen molar-refractivity contribution in [2.45, 2.75) is 0 Å². The SMILES string of the molecule is Clc1ccc2nc(-c3ccccc3)ccc2c1. The van der Waals surface area contributed by atoms with Gasteiger partial charge in [0.2, 0.25) is 0 Å². The van der Waals surface area contributed by atoms with E-state index in [2.05, 4.69) is 23.2 Å². The average Bonchev–Trinajstić information content (AvgIpc) is 2.39. The quantitative estimate of drug-likeness (QED) is 0.607. The van der Waals surface area contributed by atoms with Crippen molar-refractivity contribution in [2.24, 2.45) is 0 Å². The number of halogens is 1. The lowest BCUT2D eigenvalue weighted by atomic mass is 10.1. The second kappa shape index (κ2) is 4.19. The van der Waals surface area contributed by atoms with Gasteiger partial charge in [-0.3, -0.25) is 0 Å². The fourth-order valence-electron chi connectivity index (χ4n) is 1.87. The highest BCUT2D eigenvalue weighted by Gasteiger charge is 2.01. The molecule has 1 heterocycles. The van der Waals surface area contributed by atoms with Crippen LogP contribution in [0.5, 0.6) is 0 Å². The van der Waals surface area contributed by atoms with E-state index in [1.807, 2.05) is 42.5 Å². The summed E-state index contributed by atoms with van der Waals surface area (Å²) in [6.07, 6.45) is 0. The average molecular weight is 240 g/mol. The van der Waals surface area contributed by atoms with Crippen molar-refractivity contribution < 1.29 is 0 Å². The molecule has 0 aliphatic carbocycles. The third-order valence-electron chi connectivity index (χ3n) is 2.72. The summed E-state index contributed by atoms with van der Waals surface area (Å²) in [5.74, 6) is 0. The van der Waals surface area contributed by atoms with Gasteiger partial charge in [0.1, 0.15) is 0 Å². The van der Waals surface area contributed by atoms with Gasteiger partial charge < -0.3 is 0 Å². The Morgan fingerprint density at radius 1 is 0.824 bits per heavy atom. The minimum atomic E-state index is 0.742. The number of nitrogens with zero attached hydrogens (tertiary/aromatic N) is 1. The van der Waals surface area contributed by atoms with E-state index in [1.165, 1.54) is 0 Å². The van der Waals surface area contributed by atoms with E-state index in [9.17, 15) is 0 Å². The van der Waals surface area contributed by atoms with Gasteiger partial charge in [0, 0.05) is 16.0 Å². The molecule has 1 aromatic heterocycles. The molecule has 0 amide bonds. The summed E-state index contributed by atoms with van der Waals surface area (Å²) in [4.78, 5) is 4.63. The van der Waals surface area contributed by atoms with Gasteiger partial charge in [0.15, 0.2) is 0 Å². The number of hydrogen-bond donors (Lipinski definition) is 0. The third kappa shape index (κ3) is 2.02. The van der Waals surface area contributed by atoms with Crippen molar-refractivity contribution in [1.82, 2.24) is 4.98 Å². The fourth-order valence-corrected chi connectivity index (χ4v) is 2.05. The Morgan fingerprint density at radius 2 is 1.65 bits per heavy atom. The van der Waals surface area contributed by atoms with Crippen LogP contribution in [0.4, 0.5) is 0 Å². The normalized spacial score (nSPS) is 10.6. The van der Waals surface area contributed by atoms with Crippen LogP contribution in [0.15, 0.2) is 60.7 Å². The molecule has 1 nitrogen and oxygen atoms in total. The number of benzene rings is 2. The van der Waals surface area contributed by atoms with Crippen LogP contribution in [0, 0.1) is 0 Å². The van der Waals surface area contributed by atoms with Gasteiger partial charge in [-0.25, -0.2) is 4.98 Å². The number of pyridine rings is 1. The maximum Gasteiger partial charge on any atom is 0.0710 e. The first-order valence-electron chi connectivity index (χ1n) is 5.45. The van der Waals surface area contributed by atoms with Crippen LogP contribution in [0.3, 0.4) is 0 Å². The van der Waals surface area contributed by atoms with E-state index in [0.717, 1.165) is 27.2 Å². The van der Waals surface area contributed by atoms with Gasteiger partial charge in [-0.1, -0.05) is 48.0 Å². The summed E-state index contributed by atoms with van der Waals surface area (Å²) < 4.78 is 0. The fraction of sp³-hybridized carbons (Fsp3) is 0. The molecule has 0 aliphatic heterocycles. The number of fused-ring (bicyclic) bond motifs is 1. The Morgan fingerprint density at radius 3 is 2.47 bits per heavy atom. The Hall–Kier alpha value is -1.86. The Kier molecular flexibility index (Phi) is 2.54. The predicted molar refractivity (Wildman–Crippen MR) is 72.2 cm³/mol. The highest BCUT2D eigenvalue weighted by molar-refractivity contribution is 6.31. The van der Waals surface area contributed by atoms with Gasteiger partial charge in [-0.15, -0.1) is 0 Å². The zero-order valence-electron chi connectivity index (χ0n) is 9.10. The molecule has 82 valence electrons. The van der Waals surface area contributed by atoms with E-state index in [4.69, 9.17) is 11.6 Å². The van der Waals surface area contributed by atoms with E-state index in [-0.39, 0.29) is 0 Å². The van der Waals surface area contributed by atoms with E-state index < -0.39 is 0 Å². The molecule has 2 aromatic carbocycles. The molecule has 0 aliphatic rings. The molecule has 0 radical (unpaired) electrons. The summed E-state index contributed by atoms with van der Waals surface area (Å²) in [7, 11) is 0. The number of hydrogen-bond acceptors (Lipinski definition) is 1. The van der Waals surface area contributed by atoms with Gasteiger partial charge in [0.05, 0.1) is 11.2 Å². The van der Waals surface area contributed by atoms with Crippen molar-refractivity contribution in [3.8, 4) is 11.3 Å². The van der Waals surface area contributed by atoms with Gasteiger partial charge in [-0.2, -0.15) is 0 Å².